The third-order valence-electron chi connectivity index (χ3n) is 4.59. The lowest BCUT2D eigenvalue weighted by molar-refractivity contribution is 0.0696. The van der Waals surface area contributed by atoms with E-state index in [-0.39, 0.29) is 11.6 Å². The van der Waals surface area contributed by atoms with E-state index in [4.69, 9.17) is 26.4 Å². The highest BCUT2D eigenvalue weighted by Gasteiger charge is 2.34. The van der Waals surface area contributed by atoms with Crippen LogP contribution in [-0.2, 0) is 0 Å². The molecule has 27 heavy (non-hydrogen) atoms. The Hall–Kier alpha value is -2.47. The van der Waals surface area contributed by atoms with E-state index in [0.29, 0.717) is 10.9 Å². The number of hydrogen-bond donors (Lipinski definition) is 2. The fourth-order valence-corrected chi connectivity index (χ4v) is 3.56. The lowest BCUT2D eigenvalue weighted by Crippen LogP contribution is -2.42. The molecule has 3 rings (SSSR count). The zero-order chi connectivity index (χ0) is 19.6. The van der Waals surface area contributed by atoms with Gasteiger partial charge in [-0.25, -0.2) is 0 Å². The van der Waals surface area contributed by atoms with E-state index in [0.717, 1.165) is 29.2 Å². The molecule has 0 unspecified atom stereocenters. The van der Waals surface area contributed by atoms with E-state index >= 15 is 0 Å². The second-order valence-electron chi connectivity index (χ2n) is 7.32. The van der Waals surface area contributed by atoms with Gasteiger partial charge in [-0.15, -0.1) is 0 Å². The number of nitrogens with one attached hydrogen (secondary N) is 2. The number of rotatable bonds is 4. The van der Waals surface area contributed by atoms with Crippen LogP contribution in [-0.4, -0.2) is 24.9 Å². The van der Waals surface area contributed by atoms with E-state index < -0.39 is 0 Å². The van der Waals surface area contributed by atoms with Gasteiger partial charge >= 0.3 is 0 Å². The van der Waals surface area contributed by atoms with Crippen LogP contribution >= 0.6 is 12.2 Å². The summed E-state index contributed by atoms with van der Waals surface area (Å²) in [5.74, 6) is 2.31. The molecule has 0 saturated carbocycles. The first-order chi connectivity index (χ1) is 12.8. The lowest BCUT2D eigenvalue weighted by atomic mass is 9.89. The quantitative estimate of drug-likeness (QED) is 0.749. The van der Waals surface area contributed by atoms with Crippen LogP contribution < -0.4 is 24.8 Å². The van der Waals surface area contributed by atoms with Crippen molar-refractivity contribution in [3.8, 4) is 17.2 Å². The van der Waals surface area contributed by atoms with E-state index in [1.807, 2.05) is 18.2 Å². The molecule has 2 aromatic rings. The van der Waals surface area contributed by atoms with E-state index in [2.05, 4.69) is 49.6 Å². The molecule has 2 N–H and O–H groups in total. The van der Waals surface area contributed by atoms with Crippen LogP contribution in [0.2, 0.25) is 0 Å². The summed E-state index contributed by atoms with van der Waals surface area (Å²) in [6.45, 7) is 6.25. The smallest absolute Gasteiger partial charge is 0.171 e. The Labute approximate surface area is 166 Å². The Morgan fingerprint density at radius 2 is 1.93 bits per heavy atom. The number of aryl methyl sites for hydroxylation is 1. The lowest BCUT2D eigenvalue weighted by Gasteiger charge is -2.38. The monoisotopic (exact) mass is 386 g/mol. The Kier molecular flexibility index (Phi) is 5.46. The van der Waals surface area contributed by atoms with Crippen LogP contribution in [0.4, 0.5) is 5.69 Å². The molecule has 0 radical (unpaired) electrons. The molecule has 0 spiro atoms. The zero-order valence-corrected chi connectivity index (χ0v) is 17.2. The third kappa shape index (κ3) is 4.45. The summed E-state index contributed by atoms with van der Waals surface area (Å²) in [6.07, 6.45) is 0.810. The topological polar surface area (TPSA) is 51.8 Å². The Morgan fingerprint density at radius 3 is 2.63 bits per heavy atom. The molecule has 0 aromatic heterocycles. The zero-order valence-electron chi connectivity index (χ0n) is 16.4. The molecule has 5 nitrogen and oxygen atoms in total. The molecule has 1 aliphatic rings. The van der Waals surface area contributed by atoms with Gasteiger partial charge in [-0.1, -0.05) is 12.1 Å². The molecule has 0 amide bonds. The minimum atomic E-state index is -0.272. The second-order valence-corrected chi connectivity index (χ2v) is 7.73. The summed E-state index contributed by atoms with van der Waals surface area (Å²) >= 11 is 5.57. The molecule has 0 fully saturated rings. The minimum absolute atomic E-state index is 0.0635. The predicted molar refractivity (Wildman–Crippen MR) is 112 cm³/mol. The van der Waals surface area contributed by atoms with Crippen molar-refractivity contribution in [2.24, 2.45) is 0 Å². The van der Waals surface area contributed by atoms with Gasteiger partial charge in [0.1, 0.15) is 22.8 Å². The second kappa shape index (κ2) is 7.64. The summed E-state index contributed by atoms with van der Waals surface area (Å²) in [5, 5.41) is 7.20. The van der Waals surface area contributed by atoms with Gasteiger partial charge in [0.15, 0.2) is 5.11 Å². The van der Waals surface area contributed by atoms with Crippen LogP contribution in [0, 0.1) is 6.92 Å². The van der Waals surface area contributed by atoms with Crippen LogP contribution in [0.5, 0.6) is 17.2 Å². The number of ether oxygens (including phenoxy) is 3. The summed E-state index contributed by atoms with van der Waals surface area (Å²) < 4.78 is 16.8. The molecular weight excluding hydrogens is 360 g/mol. The predicted octanol–water partition coefficient (Wildman–Crippen LogP) is 4.60. The van der Waals surface area contributed by atoms with Crippen molar-refractivity contribution >= 4 is 23.0 Å². The fraction of sp³-hybridized carbons (Fsp3) is 0.381. The standard InChI is InChI=1S/C21H26N2O3S/c1-13-6-8-15-17(12-21(2,3)26-18(15)10-13)23-20(27)22-16-9-7-14(24-4)11-19(16)25-5/h6-11,17H,12H2,1-5H3,(H2,22,23,27)/t17-/m0/s1. The van der Waals surface area contributed by atoms with Gasteiger partial charge in [-0.2, -0.15) is 0 Å². The van der Waals surface area contributed by atoms with Crippen molar-refractivity contribution in [1.29, 1.82) is 0 Å². The molecule has 1 aliphatic heterocycles. The Morgan fingerprint density at radius 1 is 1.15 bits per heavy atom. The SMILES string of the molecule is COc1ccc(NC(=S)N[C@H]2CC(C)(C)Oc3cc(C)ccc32)c(OC)c1. The number of methoxy groups -OCH3 is 2. The number of anilines is 1. The maximum Gasteiger partial charge on any atom is 0.171 e. The molecule has 2 aromatic carbocycles. The molecule has 0 bridgehead atoms. The van der Waals surface area contributed by atoms with Crippen molar-refractivity contribution in [2.75, 3.05) is 19.5 Å². The van der Waals surface area contributed by atoms with E-state index in [1.165, 1.54) is 5.56 Å². The normalized spacial score (nSPS) is 17.3. The molecular formula is C21H26N2O3S. The minimum Gasteiger partial charge on any atom is -0.497 e. The maximum absolute atomic E-state index is 6.15. The van der Waals surface area contributed by atoms with Gasteiger partial charge in [0.05, 0.1) is 25.9 Å². The summed E-state index contributed by atoms with van der Waals surface area (Å²) in [5.41, 5.74) is 2.80. The van der Waals surface area contributed by atoms with Crippen LogP contribution in [0.25, 0.3) is 0 Å². The first-order valence-electron chi connectivity index (χ1n) is 8.90. The number of benzene rings is 2. The maximum atomic E-state index is 6.15. The van der Waals surface area contributed by atoms with Gasteiger partial charge in [0, 0.05) is 18.1 Å². The number of hydrogen-bond acceptors (Lipinski definition) is 4. The van der Waals surface area contributed by atoms with Crippen molar-refractivity contribution in [3.05, 3.63) is 47.5 Å². The first kappa shape index (κ1) is 19.3. The average molecular weight is 387 g/mol. The molecule has 1 atom stereocenters. The number of thiocarbonyl (C=S) groups is 1. The van der Waals surface area contributed by atoms with Crippen molar-refractivity contribution < 1.29 is 14.2 Å². The molecule has 6 heteroatoms. The molecule has 144 valence electrons. The van der Waals surface area contributed by atoms with Crippen LogP contribution in [0.1, 0.15) is 37.4 Å². The molecule has 0 saturated heterocycles. The summed E-state index contributed by atoms with van der Waals surface area (Å²) in [4.78, 5) is 0. The molecule has 1 heterocycles. The highest BCUT2D eigenvalue weighted by Crippen LogP contribution is 2.40. The fourth-order valence-electron chi connectivity index (χ4n) is 3.31. The third-order valence-corrected chi connectivity index (χ3v) is 4.81. The van der Waals surface area contributed by atoms with Gasteiger partial charge < -0.3 is 24.8 Å². The van der Waals surface area contributed by atoms with Crippen molar-refractivity contribution in [3.63, 3.8) is 0 Å². The first-order valence-corrected chi connectivity index (χ1v) is 9.31. The molecule has 0 aliphatic carbocycles. The summed E-state index contributed by atoms with van der Waals surface area (Å²) in [7, 11) is 3.25. The van der Waals surface area contributed by atoms with Gasteiger partial charge in [-0.3, -0.25) is 0 Å². The Balaban J connectivity index is 1.78. The van der Waals surface area contributed by atoms with Gasteiger partial charge in [0.25, 0.3) is 0 Å². The van der Waals surface area contributed by atoms with E-state index in [1.54, 1.807) is 14.2 Å². The van der Waals surface area contributed by atoms with Gasteiger partial charge in [-0.05, 0) is 56.8 Å². The van der Waals surface area contributed by atoms with E-state index in [9.17, 15) is 0 Å². The van der Waals surface area contributed by atoms with Crippen molar-refractivity contribution in [2.45, 2.75) is 38.8 Å². The highest BCUT2D eigenvalue weighted by molar-refractivity contribution is 7.80. The number of fused-ring (bicyclic) bond motifs is 1. The Bertz CT molecular complexity index is 851. The summed E-state index contributed by atoms with van der Waals surface area (Å²) in [6, 6.07) is 11.9. The van der Waals surface area contributed by atoms with Gasteiger partial charge in [0.2, 0.25) is 0 Å². The van der Waals surface area contributed by atoms with Crippen molar-refractivity contribution in [1.82, 2.24) is 5.32 Å². The largest absolute Gasteiger partial charge is 0.497 e. The van der Waals surface area contributed by atoms with Crippen LogP contribution in [0.3, 0.4) is 0 Å². The average Bonchev–Trinajstić information content (AvgIpc) is 2.60. The highest BCUT2D eigenvalue weighted by atomic mass is 32.1. The van der Waals surface area contributed by atoms with Crippen LogP contribution in [0.15, 0.2) is 36.4 Å².